The zero-order valence-corrected chi connectivity index (χ0v) is 12.9. The highest BCUT2D eigenvalue weighted by Gasteiger charge is 2.29. The molecule has 2 atom stereocenters. The second-order valence-electron chi connectivity index (χ2n) is 6.66. The average Bonchev–Trinajstić information content (AvgIpc) is 3.02. The molecule has 0 bridgehead atoms. The summed E-state index contributed by atoms with van der Waals surface area (Å²) in [4.78, 5) is 2.66. The Morgan fingerprint density at radius 1 is 1.10 bits per heavy atom. The first kappa shape index (κ1) is 14.1. The third-order valence-corrected chi connectivity index (χ3v) is 5.35. The fourth-order valence-corrected chi connectivity index (χ4v) is 3.88. The smallest absolute Gasteiger partial charge is 0.0319 e. The number of aryl methyl sites for hydroxylation is 1. The minimum absolute atomic E-state index is 0.563. The van der Waals surface area contributed by atoms with E-state index in [1.807, 2.05) is 0 Å². The molecule has 0 amide bonds. The zero-order valence-electron chi connectivity index (χ0n) is 12.9. The highest BCUT2D eigenvalue weighted by molar-refractivity contribution is 5.23. The molecule has 0 aromatic heterocycles. The Morgan fingerprint density at radius 2 is 1.80 bits per heavy atom. The maximum atomic E-state index is 3.69. The lowest BCUT2D eigenvalue weighted by atomic mass is 9.87. The van der Waals surface area contributed by atoms with E-state index in [0.717, 1.165) is 12.0 Å². The van der Waals surface area contributed by atoms with Gasteiger partial charge in [-0.05, 0) is 70.6 Å². The first-order chi connectivity index (χ1) is 9.74. The van der Waals surface area contributed by atoms with Crippen molar-refractivity contribution in [3.8, 4) is 0 Å². The van der Waals surface area contributed by atoms with Crippen LogP contribution in [0.5, 0.6) is 0 Å². The molecule has 2 fully saturated rings. The Balaban J connectivity index is 1.55. The van der Waals surface area contributed by atoms with Crippen molar-refractivity contribution in [1.29, 1.82) is 0 Å². The van der Waals surface area contributed by atoms with Gasteiger partial charge in [0, 0.05) is 12.1 Å². The van der Waals surface area contributed by atoms with E-state index < -0.39 is 0 Å². The topological polar surface area (TPSA) is 15.3 Å². The van der Waals surface area contributed by atoms with Gasteiger partial charge in [-0.2, -0.15) is 0 Å². The number of piperidine rings is 1. The van der Waals surface area contributed by atoms with E-state index in [0.29, 0.717) is 6.04 Å². The fraction of sp³-hybridized carbons (Fsp3) is 0.667. The second-order valence-corrected chi connectivity index (χ2v) is 6.66. The Labute approximate surface area is 123 Å². The van der Waals surface area contributed by atoms with Crippen molar-refractivity contribution in [3.05, 3.63) is 35.4 Å². The van der Waals surface area contributed by atoms with Gasteiger partial charge in [-0.15, -0.1) is 0 Å². The minimum atomic E-state index is 0.563. The Hall–Kier alpha value is -0.860. The monoisotopic (exact) mass is 272 g/mol. The Kier molecular flexibility index (Phi) is 4.42. The molecule has 1 N–H and O–H groups in total. The molecule has 1 aromatic rings. The van der Waals surface area contributed by atoms with E-state index in [9.17, 15) is 0 Å². The third-order valence-electron chi connectivity index (χ3n) is 5.35. The molecule has 3 rings (SSSR count). The number of benzene rings is 1. The summed E-state index contributed by atoms with van der Waals surface area (Å²) in [5.41, 5.74) is 2.82. The number of hydrogen-bond acceptors (Lipinski definition) is 2. The molecule has 2 heteroatoms. The summed E-state index contributed by atoms with van der Waals surface area (Å²) in [6, 6.07) is 10.4. The molecule has 1 aromatic carbocycles. The van der Waals surface area contributed by atoms with Crippen molar-refractivity contribution in [1.82, 2.24) is 10.2 Å². The van der Waals surface area contributed by atoms with Crippen LogP contribution in [0.2, 0.25) is 0 Å². The number of likely N-dealkylation sites (tertiary alicyclic amines) is 1. The van der Waals surface area contributed by atoms with Gasteiger partial charge in [-0.3, -0.25) is 4.90 Å². The summed E-state index contributed by atoms with van der Waals surface area (Å²) in [7, 11) is 0. The van der Waals surface area contributed by atoms with E-state index in [1.165, 1.54) is 56.4 Å². The van der Waals surface area contributed by atoms with Gasteiger partial charge in [0.25, 0.3) is 0 Å². The first-order valence-corrected chi connectivity index (χ1v) is 8.28. The molecular formula is C18H28N2. The Bertz CT molecular complexity index is 412. The van der Waals surface area contributed by atoms with Crippen LogP contribution in [0.25, 0.3) is 0 Å². The van der Waals surface area contributed by atoms with Crippen LogP contribution in [0.1, 0.15) is 49.8 Å². The van der Waals surface area contributed by atoms with Crippen LogP contribution in [-0.4, -0.2) is 30.6 Å². The van der Waals surface area contributed by atoms with Gasteiger partial charge in [0.15, 0.2) is 0 Å². The molecule has 2 unspecified atom stereocenters. The predicted octanol–water partition coefficient (Wildman–Crippen LogP) is 3.52. The van der Waals surface area contributed by atoms with Gasteiger partial charge in [-0.25, -0.2) is 0 Å². The molecule has 20 heavy (non-hydrogen) atoms. The van der Waals surface area contributed by atoms with Crippen molar-refractivity contribution in [3.63, 3.8) is 0 Å². The number of hydrogen-bond donors (Lipinski definition) is 1. The van der Waals surface area contributed by atoms with Crippen molar-refractivity contribution < 1.29 is 0 Å². The van der Waals surface area contributed by atoms with Crippen molar-refractivity contribution in [2.75, 3.05) is 19.6 Å². The molecule has 110 valence electrons. The second kappa shape index (κ2) is 6.28. The molecule has 2 nitrogen and oxygen atoms in total. The SMILES string of the molecule is Cc1ccc(C(C)N2CCC(C3CCCN3)CC2)cc1. The van der Waals surface area contributed by atoms with Crippen LogP contribution >= 0.6 is 0 Å². The predicted molar refractivity (Wildman–Crippen MR) is 84.9 cm³/mol. The largest absolute Gasteiger partial charge is 0.314 e. The van der Waals surface area contributed by atoms with Crippen molar-refractivity contribution in [2.45, 2.75) is 51.6 Å². The highest BCUT2D eigenvalue weighted by Crippen LogP contribution is 2.30. The van der Waals surface area contributed by atoms with Gasteiger partial charge >= 0.3 is 0 Å². The average molecular weight is 272 g/mol. The van der Waals surface area contributed by atoms with E-state index in [4.69, 9.17) is 0 Å². The number of nitrogens with one attached hydrogen (secondary N) is 1. The van der Waals surface area contributed by atoms with E-state index in [-0.39, 0.29) is 0 Å². The molecule has 0 saturated carbocycles. The standard InChI is InChI=1S/C18H28N2/c1-14-5-7-16(8-6-14)15(2)20-12-9-17(10-13-20)18-4-3-11-19-18/h5-8,15,17-19H,3-4,9-13H2,1-2H3. The first-order valence-electron chi connectivity index (χ1n) is 8.28. The fourth-order valence-electron chi connectivity index (χ4n) is 3.88. The van der Waals surface area contributed by atoms with Gasteiger partial charge in [0.2, 0.25) is 0 Å². The lowest BCUT2D eigenvalue weighted by Gasteiger charge is -2.38. The number of nitrogens with zero attached hydrogens (tertiary/aromatic N) is 1. The van der Waals surface area contributed by atoms with Crippen LogP contribution in [0.4, 0.5) is 0 Å². The summed E-state index contributed by atoms with van der Waals surface area (Å²) in [6.45, 7) is 8.29. The third kappa shape index (κ3) is 3.07. The van der Waals surface area contributed by atoms with Crippen LogP contribution in [0, 0.1) is 12.8 Å². The van der Waals surface area contributed by atoms with E-state index in [2.05, 4.69) is 48.3 Å². The maximum Gasteiger partial charge on any atom is 0.0319 e. The summed E-state index contributed by atoms with van der Waals surface area (Å²) in [6.07, 6.45) is 5.52. The zero-order chi connectivity index (χ0) is 13.9. The molecule has 0 spiro atoms. The normalized spacial score (nSPS) is 26.8. The summed E-state index contributed by atoms with van der Waals surface area (Å²) < 4.78 is 0. The molecular weight excluding hydrogens is 244 g/mol. The van der Waals surface area contributed by atoms with Crippen LogP contribution in [0.3, 0.4) is 0 Å². The lowest BCUT2D eigenvalue weighted by Crippen LogP contribution is -2.41. The van der Waals surface area contributed by atoms with Gasteiger partial charge in [-0.1, -0.05) is 29.8 Å². The van der Waals surface area contributed by atoms with Crippen molar-refractivity contribution in [2.24, 2.45) is 5.92 Å². The highest BCUT2D eigenvalue weighted by atomic mass is 15.2. The maximum absolute atomic E-state index is 3.69. The van der Waals surface area contributed by atoms with Crippen LogP contribution in [0.15, 0.2) is 24.3 Å². The molecule has 2 saturated heterocycles. The van der Waals surface area contributed by atoms with E-state index >= 15 is 0 Å². The summed E-state index contributed by atoms with van der Waals surface area (Å²) >= 11 is 0. The minimum Gasteiger partial charge on any atom is -0.314 e. The van der Waals surface area contributed by atoms with Crippen molar-refractivity contribution >= 4 is 0 Å². The molecule has 2 aliphatic heterocycles. The van der Waals surface area contributed by atoms with Gasteiger partial charge < -0.3 is 5.32 Å². The van der Waals surface area contributed by atoms with Crippen LogP contribution < -0.4 is 5.32 Å². The summed E-state index contributed by atoms with van der Waals surface area (Å²) in [5.74, 6) is 0.916. The molecule has 2 heterocycles. The van der Waals surface area contributed by atoms with Crippen LogP contribution in [-0.2, 0) is 0 Å². The number of rotatable bonds is 3. The van der Waals surface area contributed by atoms with Gasteiger partial charge in [0.1, 0.15) is 0 Å². The van der Waals surface area contributed by atoms with E-state index in [1.54, 1.807) is 0 Å². The summed E-state index contributed by atoms with van der Waals surface area (Å²) in [5, 5.41) is 3.69. The molecule has 2 aliphatic rings. The molecule has 0 radical (unpaired) electrons. The quantitative estimate of drug-likeness (QED) is 0.905. The molecule has 0 aliphatic carbocycles. The lowest BCUT2D eigenvalue weighted by molar-refractivity contribution is 0.126. The Morgan fingerprint density at radius 3 is 2.40 bits per heavy atom. The van der Waals surface area contributed by atoms with Gasteiger partial charge in [0.05, 0.1) is 0 Å².